The first kappa shape index (κ1) is 24.4. The lowest BCUT2D eigenvalue weighted by Crippen LogP contribution is -2.22. The van der Waals surface area contributed by atoms with Crippen LogP contribution in [0.25, 0.3) is 6.08 Å². The Morgan fingerprint density at radius 2 is 0.889 bits per heavy atom. The van der Waals surface area contributed by atoms with Crippen LogP contribution in [0.15, 0.2) is 151 Å². The monoisotopic (exact) mass is 500 g/mol. The Balaban J connectivity index is 1.54. The zero-order valence-electron chi connectivity index (χ0n) is 20.5. The summed E-state index contributed by atoms with van der Waals surface area (Å²) in [4.78, 5) is 0. The number of hydrogen-bond acceptors (Lipinski definition) is 0. The van der Waals surface area contributed by atoms with E-state index >= 15 is 0 Å². The average molecular weight is 501 g/mol. The summed E-state index contributed by atoms with van der Waals surface area (Å²) in [6, 6.07) is 52.9. The summed E-state index contributed by atoms with van der Waals surface area (Å²) in [7, 11) is -1.11. The predicted octanol–water partition coefficient (Wildman–Crippen LogP) is 6.98. The third kappa shape index (κ3) is 5.91. The molecule has 0 spiro atoms. The molecule has 0 heterocycles. The van der Waals surface area contributed by atoms with Crippen LogP contribution in [0, 0.1) is 0 Å². The minimum atomic E-state index is -0.645. The van der Waals surface area contributed by atoms with Crippen LogP contribution >= 0.6 is 15.8 Å². The summed E-state index contributed by atoms with van der Waals surface area (Å²) in [5, 5.41) is 7.03. The van der Waals surface area contributed by atoms with E-state index < -0.39 is 15.8 Å². The van der Waals surface area contributed by atoms with Gasteiger partial charge in [0.25, 0.3) is 0 Å². The van der Waals surface area contributed by atoms with E-state index in [-0.39, 0.29) is 0 Å². The van der Waals surface area contributed by atoms with E-state index in [0.717, 1.165) is 6.16 Å². The zero-order valence-corrected chi connectivity index (χ0v) is 22.3. The van der Waals surface area contributed by atoms with Crippen molar-refractivity contribution in [1.29, 1.82) is 0 Å². The van der Waals surface area contributed by atoms with Crippen LogP contribution in [0.3, 0.4) is 0 Å². The first-order valence-electron chi connectivity index (χ1n) is 12.3. The summed E-state index contributed by atoms with van der Waals surface area (Å²) in [5.74, 6) is 0. The van der Waals surface area contributed by atoms with Crippen LogP contribution in [-0.4, -0.2) is 6.16 Å². The zero-order chi connectivity index (χ0) is 24.6. The van der Waals surface area contributed by atoms with Gasteiger partial charge in [-0.3, -0.25) is 0 Å². The second-order valence-electron chi connectivity index (χ2n) is 8.81. The molecule has 0 N–H and O–H groups in total. The van der Waals surface area contributed by atoms with Gasteiger partial charge < -0.3 is 0 Å². The smallest absolute Gasteiger partial charge is 0.00333 e. The van der Waals surface area contributed by atoms with E-state index in [9.17, 15) is 0 Å². The first-order valence-corrected chi connectivity index (χ1v) is 15.2. The van der Waals surface area contributed by atoms with Crippen LogP contribution in [0.1, 0.15) is 12.5 Å². The molecule has 0 saturated heterocycles. The maximum atomic E-state index is 2.43. The molecule has 5 aromatic carbocycles. The van der Waals surface area contributed by atoms with Crippen molar-refractivity contribution < 1.29 is 0 Å². The average Bonchev–Trinajstić information content (AvgIpc) is 2.95. The molecule has 36 heavy (non-hydrogen) atoms. The van der Waals surface area contributed by atoms with E-state index in [1.807, 2.05) is 0 Å². The van der Waals surface area contributed by atoms with Crippen molar-refractivity contribution in [3.05, 3.63) is 157 Å². The van der Waals surface area contributed by atoms with Crippen LogP contribution in [-0.2, 0) is 0 Å². The maximum Gasteiger partial charge on any atom is -0.00333 e. The van der Waals surface area contributed by atoms with Gasteiger partial charge >= 0.3 is 0 Å². The quantitative estimate of drug-likeness (QED) is 0.202. The second kappa shape index (κ2) is 12.1. The van der Waals surface area contributed by atoms with Crippen molar-refractivity contribution in [2.45, 2.75) is 6.92 Å². The second-order valence-corrected chi connectivity index (χ2v) is 13.2. The van der Waals surface area contributed by atoms with E-state index in [0.29, 0.717) is 0 Å². The highest BCUT2D eigenvalue weighted by atomic mass is 31.1. The van der Waals surface area contributed by atoms with Crippen LogP contribution in [0.2, 0.25) is 0 Å². The molecular formula is C34H30P2. The van der Waals surface area contributed by atoms with Gasteiger partial charge in [0, 0.05) is 0 Å². The molecule has 0 atom stereocenters. The van der Waals surface area contributed by atoms with Crippen molar-refractivity contribution in [1.82, 2.24) is 0 Å². The van der Waals surface area contributed by atoms with Crippen molar-refractivity contribution in [3.8, 4) is 0 Å². The highest BCUT2D eigenvalue weighted by Crippen LogP contribution is 2.37. The van der Waals surface area contributed by atoms with Gasteiger partial charge in [-0.05, 0) is 61.0 Å². The lowest BCUT2D eigenvalue weighted by molar-refractivity contribution is 1.43. The van der Waals surface area contributed by atoms with Crippen LogP contribution < -0.4 is 26.5 Å². The minimum absolute atomic E-state index is 0.462. The highest BCUT2D eigenvalue weighted by molar-refractivity contribution is 7.80. The summed E-state index contributed by atoms with van der Waals surface area (Å²) < 4.78 is 0. The van der Waals surface area contributed by atoms with Crippen LogP contribution in [0.4, 0.5) is 0 Å². The third-order valence-corrected chi connectivity index (χ3v) is 11.3. The molecule has 5 aromatic rings. The number of benzene rings is 5. The molecular weight excluding hydrogens is 470 g/mol. The van der Waals surface area contributed by atoms with E-state index in [1.165, 1.54) is 37.7 Å². The fourth-order valence-corrected chi connectivity index (χ4v) is 9.25. The molecule has 176 valence electrons. The Morgan fingerprint density at radius 3 is 1.36 bits per heavy atom. The van der Waals surface area contributed by atoms with Crippen LogP contribution in [0.5, 0.6) is 0 Å². The molecule has 0 radical (unpaired) electrons. The van der Waals surface area contributed by atoms with Crippen molar-refractivity contribution >= 4 is 48.4 Å². The molecule has 0 fully saturated rings. The van der Waals surface area contributed by atoms with Crippen molar-refractivity contribution in [2.75, 3.05) is 6.16 Å². The van der Waals surface area contributed by atoms with Gasteiger partial charge in [-0.1, -0.05) is 157 Å². The Labute approximate surface area is 217 Å². The normalized spacial score (nSPS) is 11.7. The molecule has 0 aliphatic carbocycles. The molecule has 0 aliphatic heterocycles. The summed E-state index contributed by atoms with van der Waals surface area (Å²) in [6.07, 6.45) is 3.48. The lowest BCUT2D eigenvalue weighted by atomic mass is 10.1. The number of rotatable bonds is 8. The molecule has 2 heteroatoms. The van der Waals surface area contributed by atoms with Gasteiger partial charge in [0.2, 0.25) is 0 Å². The Kier molecular flexibility index (Phi) is 8.20. The fourth-order valence-electron chi connectivity index (χ4n) is 4.50. The predicted molar refractivity (Wildman–Crippen MR) is 163 cm³/mol. The maximum absolute atomic E-state index is 2.43. The standard InChI is InChI=1S/C34H30P2/c1-28(27-35(30-17-6-2-7-18-30)31-19-8-3-9-20-31)26-29-16-14-15-25-34(29)36(32-21-10-4-11-22-32)33-23-12-5-13-24-33/h2-26H,27H2,1H3/b28-26-. The van der Waals surface area contributed by atoms with Gasteiger partial charge in [0.05, 0.1) is 0 Å². The topological polar surface area (TPSA) is 0 Å². The van der Waals surface area contributed by atoms with Crippen molar-refractivity contribution in [2.24, 2.45) is 0 Å². The van der Waals surface area contributed by atoms with Gasteiger partial charge in [0.15, 0.2) is 0 Å². The molecule has 0 amide bonds. The van der Waals surface area contributed by atoms with Crippen molar-refractivity contribution in [3.63, 3.8) is 0 Å². The third-order valence-electron chi connectivity index (χ3n) is 6.15. The molecule has 0 aliphatic rings. The number of hydrogen-bond donors (Lipinski definition) is 0. The van der Waals surface area contributed by atoms with E-state index in [1.54, 1.807) is 0 Å². The van der Waals surface area contributed by atoms with Gasteiger partial charge in [-0.2, -0.15) is 0 Å². The Bertz CT molecular complexity index is 1320. The SMILES string of the molecule is C/C(=C/c1ccccc1P(c1ccccc1)c1ccccc1)CP(c1ccccc1)c1ccccc1. The minimum Gasteiger partial charge on any atom is -0.0678 e. The first-order chi connectivity index (χ1) is 17.8. The highest BCUT2D eigenvalue weighted by Gasteiger charge is 2.19. The molecule has 0 saturated carbocycles. The van der Waals surface area contributed by atoms with Gasteiger partial charge in [-0.25, -0.2) is 0 Å². The summed E-state index contributed by atoms with van der Waals surface area (Å²) in [5.41, 5.74) is 2.74. The fraction of sp³-hybridized carbons (Fsp3) is 0.0588. The van der Waals surface area contributed by atoms with E-state index in [4.69, 9.17) is 0 Å². The molecule has 0 unspecified atom stereocenters. The largest absolute Gasteiger partial charge is 0.0678 e. The number of allylic oxidation sites excluding steroid dienone is 1. The van der Waals surface area contributed by atoms with Gasteiger partial charge in [0.1, 0.15) is 0 Å². The lowest BCUT2D eigenvalue weighted by Gasteiger charge is -2.22. The molecule has 5 rings (SSSR count). The molecule has 0 aromatic heterocycles. The Morgan fingerprint density at radius 1 is 0.500 bits per heavy atom. The molecule has 0 nitrogen and oxygen atoms in total. The Hall–Kier alpha value is -3.30. The summed E-state index contributed by atoms with van der Waals surface area (Å²) >= 11 is 0. The van der Waals surface area contributed by atoms with E-state index in [2.05, 4.69) is 159 Å². The molecule has 0 bridgehead atoms. The summed E-state index contributed by atoms with van der Waals surface area (Å²) in [6.45, 7) is 2.30. The van der Waals surface area contributed by atoms with Gasteiger partial charge in [-0.15, -0.1) is 0 Å².